The van der Waals surface area contributed by atoms with Gasteiger partial charge in [-0.1, -0.05) is 12.1 Å². The molecule has 1 aliphatic rings. The van der Waals surface area contributed by atoms with Crippen molar-refractivity contribution in [3.63, 3.8) is 0 Å². The molecule has 0 saturated carbocycles. The van der Waals surface area contributed by atoms with Crippen LogP contribution < -0.4 is 4.74 Å². The molecule has 1 fully saturated rings. The normalized spacial score (nSPS) is 15.1. The number of rotatable bonds is 7. The van der Waals surface area contributed by atoms with Crippen molar-refractivity contribution in [2.75, 3.05) is 27.2 Å². The Morgan fingerprint density at radius 2 is 1.97 bits per heavy atom. The summed E-state index contributed by atoms with van der Waals surface area (Å²) in [6.45, 7) is 3.26. The molecule has 4 rings (SSSR count). The van der Waals surface area contributed by atoms with E-state index in [4.69, 9.17) is 4.74 Å². The SMILES string of the molecule is COc1cccc(C[C@@H](C2CCN(C(=O)c3ccc(C)nc3)CC2)N(C)C(=O)c2ccsc2)c1. The predicted molar refractivity (Wildman–Crippen MR) is 134 cm³/mol. The van der Waals surface area contributed by atoms with Gasteiger partial charge < -0.3 is 14.5 Å². The predicted octanol–water partition coefficient (Wildman–Crippen LogP) is 4.70. The minimum Gasteiger partial charge on any atom is -0.497 e. The van der Waals surface area contributed by atoms with Gasteiger partial charge in [0.1, 0.15) is 5.75 Å². The second-order valence-electron chi connectivity index (χ2n) is 8.87. The zero-order valence-corrected chi connectivity index (χ0v) is 20.8. The molecular formula is C27H31N3O3S. The van der Waals surface area contributed by atoms with E-state index in [2.05, 4.69) is 11.1 Å². The molecule has 3 heterocycles. The van der Waals surface area contributed by atoms with Gasteiger partial charge in [-0.05, 0) is 73.4 Å². The van der Waals surface area contributed by atoms with Gasteiger partial charge in [-0.3, -0.25) is 14.6 Å². The van der Waals surface area contributed by atoms with Gasteiger partial charge in [-0.15, -0.1) is 0 Å². The molecule has 7 heteroatoms. The fourth-order valence-electron chi connectivity index (χ4n) is 4.67. The van der Waals surface area contributed by atoms with Crippen molar-refractivity contribution in [2.45, 2.75) is 32.2 Å². The second kappa shape index (κ2) is 10.8. The number of likely N-dealkylation sites (N-methyl/N-ethyl adjacent to an activating group) is 1. The molecule has 1 aliphatic heterocycles. The van der Waals surface area contributed by atoms with E-state index in [0.717, 1.165) is 41.8 Å². The van der Waals surface area contributed by atoms with Crippen molar-refractivity contribution >= 4 is 23.2 Å². The van der Waals surface area contributed by atoms with E-state index in [9.17, 15) is 9.59 Å². The van der Waals surface area contributed by atoms with E-state index in [1.807, 2.05) is 70.9 Å². The number of amides is 2. The number of benzene rings is 1. The highest BCUT2D eigenvalue weighted by atomic mass is 32.1. The number of nitrogens with zero attached hydrogens (tertiary/aromatic N) is 3. The molecule has 3 aromatic rings. The summed E-state index contributed by atoms with van der Waals surface area (Å²) in [4.78, 5) is 34.3. The van der Waals surface area contributed by atoms with Crippen molar-refractivity contribution in [1.29, 1.82) is 0 Å². The lowest BCUT2D eigenvalue weighted by Crippen LogP contribution is -2.48. The van der Waals surface area contributed by atoms with Gasteiger partial charge in [0.05, 0.1) is 18.2 Å². The van der Waals surface area contributed by atoms with Crippen LogP contribution in [0, 0.1) is 12.8 Å². The molecule has 0 bridgehead atoms. The van der Waals surface area contributed by atoms with Crippen molar-refractivity contribution in [1.82, 2.24) is 14.8 Å². The van der Waals surface area contributed by atoms with E-state index < -0.39 is 0 Å². The fourth-order valence-corrected chi connectivity index (χ4v) is 5.30. The first-order valence-corrected chi connectivity index (χ1v) is 12.5. The average Bonchev–Trinajstić information content (AvgIpc) is 3.42. The van der Waals surface area contributed by atoms with Gasteiger partial charge in [-0.2, -0.15) is 11.3 Å². The van der Waals surface area contributed by atoms with Crippen LogP contribution in [0.1, 0.15) is 44.8 Å². The first kappa shape index (κ1) is 24.0. The minimum atomic E-state index is 0.0257. The molecule has 2 amide bonds. The van der Waals surface area contributed by atoms with Gasteiger partial charge in [0.2, 0.25) is 0 Å². The van der Waals surface area contributed by atoms with E-state index >= 15 is 0 Å². The highest BCUT2D eigenvalue weighted by Gasteiger charge is 2.33. The van der Waals surface area contributed by atoms with Crippen LogP contribution in [-0.4, -0.2) is 59.9 Å². The second-order valence-corrected chi connectivity index (χ2v) is 9.65. The Bertz CT molecular complexity index is 1110. The molecule has 0 spiro atoms. The number of pyridine rings is 1. The van der Waals surface area contributed by atoms with Crippen LogP contribution in [0.4, 0.5) is 0 Å². The van der Waals surface area contributed by atoms with E-state index in [1.165, 1.54) is 11.3 Å². The van der Waals surface area contributed by atoms with Crippen LogP contribution in [0.2, 0.25) is 0 Å². The number of thiophene rings is 1. The number of aromatic nitrogens is 1. The molecule has 0 unspecified atom stereocenters. The Hall–Kier alpha value is -3.19. The van der Waals surface area contributed by atoms with E-state index in [1.54, 1.807) is 13.3 Å². The zero-order valence-electron chi connectivity index (χ0n) is 19.9. The maximum atomic E-state index is 13.2. The van der Waals surface area contributed by atoms with Gasteiger partial charge >= 0.3 is 0 Å². The molecule has 1 atom stereocenters. The molecular weight excluding hydrogens is 446 g/mol. The maximum Gasteiger partial charge on any atom is 0.255 e. The lowest BCUT2D eigenvalue weighted by Gasteiger charge is -2.40. The van der Waals surface area contributed by atoms with Crippen molar-refractivity contribution < 1.29 is 14.3 Å². The first-order valence-electron chi connectivity index (χ1n) is 11.6. The van der Waals surface area contributed by atoms with Crippen molar-refractivity contribution in [3.8, 4) is 5.75 Å². The van der Waals surface area contributed by atoms with Crippen LogP contribution in [0.5, 0.6) is 5.75 Å². The number of carbonyl (C=O) groups is 2. The van der Waals surface area contributed by atoms with E-state index in [-0.39, 0.29) is 17.9 Å². The molecule has 0 aliphatic carbocycles. The Morgan fingerprint density at radius 3 is 2.62 bits per heavy atom. The maximum absolute atomic E-state index is 13.2. The Morgan fingerprint density at radius 1 is 1.18 bits per heavy atom. The van der Waals surface area contributed by atoms with Crippen LogP contribution in [0.25, 0.3) is 0 Å². The number of piperidine rings is 1. The quantitative estimate of drug-likeness (QED) is 0.495. The summed E-state index contributed by atoms with van der Waals surface area (Å²) in [5.41, 5.74) is 3.39. The Kier molecular flexibility index (Phi) is 7.63. The molecule has 34 heavy (non-hydrogen) atoms. The molecule has 0 radical (unpaired) electrons. The summed E-state index contributed by atoms with van der Waals surface area (Å²) in [6, 6.07) is 13.7. The fraction of sp³-hybridized carbons (Fsp3) is 0.370. The molecule has 0 N–H and O–H groups in total. The summed E-state index contributed by atoms with van der Waals surface area (Å²) in [5, 5.41) is 3.83. The third-order valence-electron chi connectivity index (χ3n) is 6.69. The lowest BCUT2D eigenvalue weighted by atomic mass is 9.84. The van der Waals surface area contributed by atoms with Gasteiger partial charge in [0.25, 0.3) is 11.8 Å². The molecule has 1 saturated heterocycles. The summed E-state index contributed by atoms with van der Waals surface area (Å²) in [5.74, 6) is 1.17. The summed E-state index contributed by atoms with van der Waals surface area (Å²) in [7, 11) is 3.57. The van der Waals surface area contributed by atoms with Crippen molar-refractivity contribution in [3.05, 3.63) is 81.8 Å². The Balaban J connectivity index is 1.50. The zero-order chi connectivity index (χ0) is 24.1. The molecule has 6 nitrogen and oxygen atoms in total. The first-order chi connectivity index (χ1) is 16.5. The van der Waals surface area contributed by atoms with Crippen LogP contribution >= 0.6 is 11.3 Å². The molecule has 2 aromatic heterocycles. The number of likely N-dealkylation sites (tertiary alicyclic amines) is 1. The Labute approximate surface area is 205 Å². The van der Waals surface area contributed by atoms with Gasteiger partial charge in [-0.25, -0.2) is 0 Å². The smallest absolute Gasteiger partial charge is 0.255 e. The summed E-state index contributed by atoms with van der Waals surface area (Å²) in [6.07, 6.45) is 4.09. The van der Waals surface area contributed by atoms with Gasteiger partial charge in [0.15, 0.2) is 0 Å². The van der Waals surface area contributed by atoms with Crippen molar-refractivity contribution in [2.24, 2.45) is 5.92 Å². The van der Waals surface area contributed by atoms with Crippen LogP contribution in [-0.2, 0) is 6.42 Å². The third-order valence-corrected chi connectivity index (χ3v) is 7.38. The number of hydrogen-bond acceptors (Lipinski definition) is 5. The number of ether oxygens (including phenoxy) is 1. The topological polar surface area (TPSA) is 62.7 Å². The van der Waals surface area contributed by atoms with Gasteiger partial charge in [0, 0.05) is 43.4 Å². The minimum absolute atomic E-state index is 0.0257. The number of hydrogen-bond donors (Lipinski definition) is 0. The van der Waals surface area contributed by atoms with Crippen LogP contribution in [0.15, 0.2) is 59.4 Å². The monoisotopic (exact) mass is 477 g/mol. The number of carbonyl (C=O) groups excluding carboxylic acids is 2. The largest absolute Gasteiger partial charge is 0.497 e. The standard InChI is InChI=1S/C27H31N3O3S/c1-19-7-8-22(17-28-19)27(32)30-12-9-21(10-13-30)25(16-20-5-4-6-24(15-20)33-3)29(2)26(31)23-11-14-34-18-23/h4-8,11,14-15,17-18,21,25H,9-10,12-13,16H2,1-3H3/t25-/m0/s1. The highest BCUT2D eigenvalue weighted by molar-refractivity contribution is 7.08. The highest BCUT2D eigenvalue weighted by Crippen LogP contribution is 2.29. The number of methoxy groups -OCH3 is 1. The molecule has 1 aromatic carbocycles. The summed E-state index contributed by atoms with van der Waals surface area (Å²) < 4.78 is 5.41. The van der Waals surface area contributed by atoms with E-state index in [0.29, 0.717) is 24.6 Å². The van der Waals surface area contributed by atoms with Crippen LogP contribution in [0.3, 0.4) is 0 Å². The lowest BCUT2D eigenvalue weighted by molar-refractivity contribution is 0.0522. The summed E-state index contributed by atoms with van der Waals surface area (Å²) >= 11 is 1.53. The number of aryl methyl sites for hydroxylation is 1. The molecule has 178 valence electrons. The third kappa shape index (κ3) is 5.47. The average molecular weight is 478 g/mol.